The first kappa shape index (κ1) is 16.6. The highest BCUT2D eigenvalue weighted by Crippen LogP contribution is 2.37. The van der Waals surface area contributed by atoms with Gasteiger partial charge in [-0.15, -0.1) is 0 Å². The third-order valence-corrected chi connectivity index (χ3v) is 3.66. The van der Waals surface area contributed by atoms with E-state index in [1.54, 1.807) is 19.1 Å². The van der Waals surface area contributed by atoms with Crippen LogP contribution in [0, 0.1) is 11.3 Å². The largest absolute Gasteiger partial charge is 0.456 e. The maximum absolute atomic E-state index is 11.6. The molecule has 0 spiro atoms. The molecule has 1 aromatic carbocycles. The number of carbonyl (C=O) groups is 1. The second kappa shape index (κ2) is 7.33. The maximum Gasteiger partial charge on any atom is 0.352 e. The van der Waals surface area contributed by atoms with Crippen molar-refractivity contribution in [3.05, 3.63) is 35.9 Å². The van der Waals surface area contributed by atoms with Crippen molar-refractivity contribution < 1.29 is 23.9 Å². The molecule has 1 aromatic rings. The highest BCUT2D eigenvalue weighted by molar-refractivity contribution is 7.51. The highest BCUT2D eigenvalue weighted by atomic mass is 31.2. The van der Waals surface area contributed by atoms with Gasteiger partial charge in [0.1, 0.15) is 12.3 Å². The molecule has 0 aromatic heterocycles. The number of rotatable bonds is 7. The van der Waals surface area contributed by atoms with Crippen LogP contribution in [-0.4, -0.2) is 27.6 Å². The lowest BCUT2D eigenvalue weighted by atomic mass is 10.1. The highest BCUT2D eigenvalue weighted by Gasteiger charge is 2.22. The van der Waals surface area contributed by atoms with Crippen LogP contribution in [0.25, 0.3) is 0 Å². The molecule has 0 saturated carbocycles. The summed E-state index contributed by atoms with van der Waals surface area (Å²) in [6, 6.07) is 9.07. The first-order valence-electron chi connectivity index (χ1n) is 6.11. The van der Waals surface area contributed by atoms with E-state index in [9.17, 15) is 9.36 Å². The molecule has 0 heterocycles. The van der Waals surface area contributed by atoms with E-state index in [1.165, 1.54) is 0 Å². The van der Waals surface area contributed by atoms with E-state index in [0.29, 0.717) is 0 Å². The zero-order valence-electron chi connectivity index (χ0n) is 11.2. The fourth-order valence-corrected chi connectivity index (χ4v) is 2.65. The van der Waals surface area contributed by atoms with Crippen LogP contribution in [-0.2, 0) is 20.7 Å². The molecule has 0 aliphatic rings. The van der Waals surface area contributed by atoms with Gasteiger partial charge in [-0.2, -0.15) is 0 Å². The summed E-state index contributed by atoms with van der Waals surface area (Å²) in [7, 11) is -4.12. The van der Waals surface area contributed by atoms with Gasteiger partial charge < -0.3 is 14.5 Å². The molecular formula is C13H18NO5P. The van der Waals surface area contributed by atoms with E-state index in [-0.39, 0.29) is 24.9 Å². The predicted molar refractivity (Wildman–Crippen MR) is 74.7 cm³/mol. The average Bonchev–Trinajstić information content (AvgIpc) is 2.34. The average molecular weight is 299 g/mol. The number of carbonyl (C=O) groups excluding carboxylic acids is 1. The van der Waals surface area contributed by atoms with E-state index in [2.05, 4.69) is 0 Å². The van der Waals surface area contributed by atoms with Crippen LogP contribution in [0.3, 0.4) is 0 Å². The lowest BCUT2D eigenvalue weighted by Crippen LogP contribution is -2.20. The summed E-state index contributed by atoms with van der Waals surface area (Å²) in [5.74, 6) is -1.21. The second-order valence-corrected chi connectivity index (χ2v) is 6.39. The summed E-state index contributed by atoms with van der Waals surface area (Å²) in [4.78, 5) is 29.2. The van der Waals surface area contributed by atoms with Gasteiger partial charge in [-0.1, -0.05) is 37.3 Å². The summed E-state index contributed by atoms with van der Waals surface area (Å²) in [5.41, 5.74) is 0.541. The van der Waals surface area contributed by atoms with Crippen LogP contribution in [0.2, 0.25) is 0 Å². The predicted octanol–water partition coefficient (Wildman–Crippen LogP) is 1.95. The van der Waals surface area contributed by atoms with E-state index in [1.807, 2.05) is 18.2 Å². The summed E-state index contributed by atoms with van der Waals surface area (Å²) in [5, 5.41) is 7.57. The molecule has 110 valence electrons. The molecule has 0 amide bonds. The molecule has 20 heavy (non-hydrogen) atoms. The first-order valence-corrected chi connectivity index (χ1v) is 7.90. The number of esters is 1. The van der Waals surface area contributed by atoms with E-state index in [0.717, 1.165) is 5.56 Å². The van der Waals surface area contributed by atoms with Gasteiger partial charge in [0.25, 0.3) is 0 Å². The minimum absolute atomic E-state index is 0.0151. The molecule has 0 bridgehead atoms. The van der Waals surface area contributed by atoms with Crippen LogP contribution in [0.1, 0.15) is 18.9 Å². The van der Waals surface area contributed by atoms with Crippen molar-refractivity contribution in [1.29, 1.82) is 5.41 Å². The number of hydrogen-bond acceptors (Lipinski definition) is 4. The number of hydrogen-bond donors (Lipinski definition) is 3. The zero-order chi connectivity index (χ0) is 15.2. The van der Waals surface area contributed by atoms with Crippen LogP contribution in [0.5, 0.6) is 0 Å². The van der Waals surface area contributed by atoms with Crippen LogP contribution < -0.4 is 0 Å². The van der Waals surface area contributed by atoms with Crippen molar-refractivity contribution in [2.45, 2.75) is 20.0 Å². The van der Waals surface area contributed by atoms with Crippen molar-refractivity contribution in [2.75, 3.05) is 6.16 Å². The summed E-state index contributed by atoms with van der Waals surface area (Å²) in [6.07, 6.45) is -0.361. The minimum atomic E-state index is -4.12. The van der Waals surface area contributed by atoms with Gasteiger partial charge in [0, 0.05) is 0 Å². The Balaban J connectivity index is 2.40. The molecule has 7 heteroatoms. The van der Waals surface area contributed by atoms with Gasteiger partial charge in [0.15, 0.2) is 0 Å². The lowest BCUT2D eigenvalue weighted by molar-refractivity contribution is -0.137. The molecule has 0 saturated heterocycles. The van der Waals surface area contributed by atoms with Crippen molar-refractivity contribution in [1.82, 2.24) is 0 Å². The fraction of sp³-hybridized carbons (Fsp3) is 0.385. The number of benzene rings is 1. The third kappa shape index (κ3) is 6.61. The van der Waals surface area contributed by atoms with Crippen LogP contribution in [0.4, 0.5) is 0 Å². The van der Waals surface area contributed by atoms with Gasteiger partial charge in [-0.3, -0.25) is 9.97 Å². The Morgan fingerprint density at radius 1 is 1.35 bits per heavy atom. The minimum Gasteiger partial charge on any atom is -0.456 e. The number of nitrogens with one attached hydrogen (secondary N) is 1. The van der Waals surface area contributed by atoms with Crippen molar-refractivity contribution in [3.63, 3.8) is 0 Å². The number of ether oxygens (including phenoxy) is 1. The Kier molecular flexibility index (Phi) is 6.07. The molecule has 1 unspecified atom stereocenters. The van der Waals surface area contributed by atoms with Crippen molar-refractivity contribution in [2.24, 2.45) is 5.92 Å². The maximum atomic E-state index is 11.6. The topological polar surface area (TPSA) is 108 Å². The SMILES string of the molecule is CC(CC(=N)C(=O)OCc1ccccc1)CP(=O)(O)O. The molecule has 3 N–H and O–H groups in total. The second-order valence-electron chi connectivity index (χ2n) is 4.70. The third-order valence-electron chi connectivity index (χ3n) is 2.56. The summed E-state index contributed by atoms with van der Waals surface area (Å²) in [6.45, 7) is 1.66. The lowest BCUT2D eigenvalue weighted by Gasteiger charge is -2.12. The van der Waals surface area contributed by atoms with Crippen molar-refractivity contribution in [3.8, 4) is 0 Å². The molecular weight excluding hydrogens is 281 g/mol. The van der Waals surface area contributed by atoms with Gasteiger partial charge in [-0.25, -0.2) is 4.79 Å². The van der Waals surface area contributed by atoms with E-state index >= 15 is 0 Å². The quantitative estimate of drug-likeness (QED) is 0.405. The first-order chi connectivity index (χ1) is 9.28. The van der Waals surface area contributed by atoms with Gasteiger partial charge >= 0.3 is 13.6 Å². The molecule has 0 fully saturated rings. The van der Waals surface area contributed by atoms with Crippen molar-refractivity contribution >= 4 is 19.3 Å². The molecule has 0 aliphatic carbocycles. The summed E-state index contributed by atoms with van der Waals surface area (Å²) < 4.78 is 15.8. The summed E-state index contributed by atoms with van der Waals surface area (Å²) >= 11 is 0. The van der Waals surface area contributed by atoms with Crippen LogP contribution >= 0.6 is 7.60 Å². The normalized spacial score (nSPS) is 12.8. The Hall–Kier alpha value is -1.49. The van der Waals surface area contributed by atoms with Gasteiger partial charge in [0.05, 0.1) is 6.16 Å². The Morgan fingerprint density at radius 2 is 1.95 bits per heavy atom. The molecule has 6 nitrogen and oxygen atoms in total. The van der Waals surface area contributed by atoms with Gasteiger partial charge in [0.2, 0.25) is 0 Å². The Labute approximate surface area is 117 Å². The van der Waals surface area contributed by atoms with Gasteiger partial charge in [-0.05, 0) is 17.9 Å². The smallest absolute Gasteiger partial charge is 0.352 e. The Bertz CT molecular complexity index is 511. The molecule has 0 aliphatic heterocycles. The van der Waals surface area contributed by atoms with Crippen LogP contribution in [0.15, 0.2) is 30.3 Å². The molecule has 1 rings (SSSR count). The van der Waals surface area contributed by atoms with E-state index in [4.69, 9.17) is 19.9 Å². The molecule has 0 radical (unpaired) electrons. The Morgan fingerprint density at radius 3 is 2.50 bits per heavy atom. The zero-order valence-corrected chi connectivity index (χ0v) is 12.0. The molecule has 1 atom stereocenters. The monoisotopic (exact) mass is 299 g/mol. The van der Waals surface area contributed by atoms with E-state index < -0.39 is 19.5 Å². The fourth-order valence-electron chi connectivity index (χ4n) is 1.71. The standard InChI is InChI=1S/C13H18NO5P/c1-10(9-20(16,17)18)7-12(14)13(15)19-8-11-5-3-2-4-6-11/h2-6,10,14H,7-9H2,1H3,(H2,16,17,18).